The maximum absolute atomic E-state index is 10.8. The molecule has 0 radical (unpaired) electrons. The molecule has 5 nitrogen and oxygen atoms in total. The van der Waals surface area contributed by atoms with Crippen LogP contribution in [0.2, 0.25) is 0 Å². The van der Waals surface area contributed by atoms with Gasteiger partial charge < -0.3 is 20.1 Å². The molecule has 6 atom stereocenters. The van der Waals surface area contributed by atoms with Crippen LogP contribution in [0.15, 0.2) is 30.4 Å². The lowest BCUT2D eigenvalue weighted by atomic mass is 9.86. The average molecular weight is 398 g/mol. The molecule has 1 fully saturated rings. The van der Waals surface area contributed by atoms with E-state index >= 15 is 0 Å². The van der Waals surface area contributed by atoms with Gasteiger partial charge in [-0.25, -0.2) is 0 Å². The minimum atomic E-state index is -0.790. The van der Waals surface area contributed by atoms with E-state index < -0.39 is 18.2 Å². The third-order valence-corrected chi connectivity index (χ3v) is 6.04. The summed E-state index contributed by atoms with van der Waals surface area (Å²) in [4.78, 5) is 10.8. The van der Waals surface area contributed by atoms with Gasteiger partial charge in [0.2, 0.25) is 0 Å². The molecule has 0 saturated heterocycles. The molecule has 1 saturated carbocycles. The molecule has 29 heavy (non-hydrogen) atoms. The van der Waals surface area contributed by atoms with Crippen LogP contribution < -0.4 is 4.74 Å². The molecule has 0 spiro atoms. The summed E-state index contributed by atoms with van der Waals surface area (Å²) in [7, 11) is 0. The summed E-state index contributed by atoms with van der Waals surface area (Å²) < 4.78 is 6.21. The number of ether oxygens (including phenoxy) is 1. The van der Waals surface area contributed by atoms with E-state index in [-0.39, 0.29) is 30.3 Å². The molecular formula is C24H30O5. The second-order valence-electron chi connectivity index (χ2n) is 8.13. The molecule has 0 unspecified atom stereocenters. The van der Waals surface area contributed by atoms with E-state index in [0.29, 0.717) is 25.7 Å². The summed E-state index contributed by atoms with van der Waals surface area (Å²) in [5.74, 6) is 5.87. The van der Waals surface area contributed by atoms with Crippen LogP contribution in [0.5, 0.6) is 5.75 Å². The van der Waals surface area contributed by atoms with Crippen molar-refractivity contribution in [2.75, 3.05) is 0 Å². The van der Waals surface area contributed by atoms with Crippen molar-refractivity contribution in [3.63, 3.8) is 0 Å². The Hall–Kier alpha value is -2.29. The molecular weight excluding hydrogens is 368 g/mol. The number of carboxylic acid groups (broad SMARTS) is 1. The van der Waals surface area contributed by atoms with Crippen LogP contribution in [-0.4, -0.2) is 39.6 Å². The molecule has 156 valence electrons. The Morgan fingerprint density at radius 3 is 2.93 bits per heavy atom. The van der Waals surface area contributed by atoms with Crippen LogP contribution in [0.25, 0.3) is 0 Å². The van der Waals surface area contributed by atoms with Gasteiger partial charge in [-0.1, -0.05) is 37.3 Å². The number of aliphatic hydroxyl groups excluding tert-OH is 2. The second-order valence-corrected chi connectivity index (χ2v) is 8.13. The SMILES string of the molecule is CC#CC[C@@H](C)[C@H](O)/C=C/[C@H]1[C@H]2c3cccc(CCCC(=O)O)c3O[C@H]2C[C@H]1O. The number of hydrogen-bond donors (Lipinski definition) is 3. The molecule has 2 aliphatic rings. The molecule has 0 amide bonds. The Balaban J connectivity index is 1.75. The summed E-state index contributed by atoms with van der Waals surface area (Å²) >= 11 is 0. The highest BCUT2D eigenvalue weighted by molar-refractivity contribution is 5.66. The van der Waals surface area contributed by atoms with Gasteiger partial charge >= 0.3 is 5.97 Å². The zero-order valence-corrected chi connectivity index (χ0v) is 17.0. The second kappa shape index (κ2) is 9.47. The van der Waals surface area contributed by atoms with Gasteiger partial charge in [-0.15, -0.1) is 11.8 Å². The maximum atomic E-state index is 10.8. The molecule has 1 aromatic carbocycles. The fraction of sp³-hybridized carbons (Fsp3) is 0.542. The van der Waals surface area contributed by atoms with E-state index in [1.54, 1.807) is 13.0 Å². The molecule has 0 aromatic heterocycles. The topological polar surface area (TPSA) is 87.0 Å². The normalized spacial score (nSPS) is 26.9. The lowest BCUT2D eigenvalue weighted by molar-refractivity contribution is -0.137. The quantitative estimate of drug-likeness (QED) is 0.462. The number of rotatable bonds is 8. The van der Waals surface area contributed by atoms with Crippen LogP contribution in [-0.2, 0) is 11.2 Å². The highest BCUT2D eigenvalue weighted by atomic mass is 16.5. The average Bonchev–Trinajstić information content (AvgIpc) is 3.19. The molecule has 1 aromatic rings. The third kappa shape index (κ3) is 4.83. The minimum Gasteiger partial charge on any atom is -0.489 e. The number of carboxylic acids is 1. The number of aryl methyl sites for hydroxylation is 1. The van der Waals surface area contributed by atoms with Gasteiger partial charge in [0.25, 0.3) is 0 Å². The number of carbonyl (C=O) groups is 1. The number of fused-ring (bicyclic) bond motifs is 3. The Kier molecular flexibility index (Phi) is 7.00. The lowest BCUT2D eigenvalue weighted by Crippen LogP contribution is -2.19. The van der Waals surface area contributed by atoms with Gasteiger partial charge in [-0.2, -0.15) is 0 Å². The van der Waals surface area contributed by atoms with E-state index in [4.69, 9.17) is 9.84 Å². The van der Waals surface area contributed by atoms with Crippen molar-refractivity contribution in [1.82, 2.24) is 0 Å². The van der Waals surface area contributed by atoms with Crippen LogP contribution >= 0.6 is 0 Å². The fourth-order valence-corrected chi connectivity index (χ4v) is 4.41. The first-order valence-electron chi connectivity index (χ1n) is 10.4. The van der Waals surface area contributed by atoms with Crippen LogP contribution in [0, 0.1) is 23.7 Å². The van der Waals surface area contributed by atoms with Crippen molar-refractivity contribution < 1.29 is 24.9 Å². The highest BCUT2D eigenvalue weighted by Gasteiger charge is 2.48. The van der Waals surface area contributed by atoms with Crippen molar-refractivity contribution in [2.24, 2.45) is 11.8 Å². The van der Waals surface area contributed by atoms with Crippen molar-refractivity contribution in [3.8, 4) is 17.6 Å². The monoisotopic (exact) mass is 398 g/mol. The van der Waals surface area contributed by atoms with Gasteiger partial charge in [0.15, 0.2) is 0 Å². The standard InChI is InChI=1S/C24H30O5/c1-3-4-7-15(2)19(25)13-12-17-20(26)14-21-23(17)18-10-5-8-16(24(18)29-21)9-6-11-22(27)28/h5,8,10,12-13,15,17,19-21,23,25-26H,6-7,9,11,14H2,1-2H3,(H,27,28)/b13-12+/t15-,17-,19-,20-,21+,23+/m1/s1. The van der Waals surface area contributed by atoms with Crippen molar-refractivity contribution >= 4 is 5.97 Å². The van der Waals surface area contributed by atoms with Crippen molar-refractivity contribution in [3.05, 3.63) is 41.5 Å². The van der Waals surface area contributed by atoms with Gasteiger partial charge in [0, 0.05) is 36.7 Å². The number of para-hydroxylation sites is 1. The Bertz CT molecular complexity index is 818. The summed E-state index contributed by atoms with van der Waals surface area (Å²) in [6.45, 7) is 3.75. The first-order chi connectivity index (χ1) is 13.9. The summed E-state index contributed by atoms with van der Waals surface area (Å²) in [6, 6.07) is 6.01. The van der Waals surface area contributed by atoms with Crippen LogP contribution in [0.3, 0.4) is 0 Å². The lowest BCUT2D eigenvalue weighted by Gasteiger charge is -2.19. The molecule has 1 aliphatic heterocycles. The first-order valence-corrected chi connectivity index (χ1v) is 10.4. The van der Waals surface area contributed by atoms with Crippen LogP contribution in [0.4, 0.5) is 0 Å². The van der Waals surface area contributed by atoms with Crippen LogP contribution in [0.1, 0.15) is 56.6 Å². The largest absolute Gasteiger partial charge is 0.489 e. The highest BCUT2D eigenvalue weighted by Crippen LogP contribution is 2.52. The zero-order valence-electron chi connectivity index (χ0n) is 17.0. The summed E-state index contributed by atoms with van der Waals surface area (Å²) in [5.41, 5.74) is 2.11. The molecule has 3 N–H and O–H groups in total. The molecule has 1 aliphatic carbocycles. The number of aliphatic carboxylic acids is 1. The summed E-state index contributed by atoms with van der Waals surface area (Å²) in [6.07, 6.45) is 5.07. The predicted octanol–water partition coefficient (Wildman–Crippen LogP) is 3.29. The summed E-state index contributed by atoms with van der Waals surface area (Å²) in [5, 5.41) is 29.9. The maximum Gasteiger partial charge on any atom is 0.303 e. The fourth-order valence-electron chi connectivity index (χ4n) is 4.41. The number of hydrogen-bond acceptors (Lipinski definition) is 4. The van der Waals surface area contributed by atoms with E-state index in [1.165, 1.54) is 0 Å². The van der Waals surface area contributed by atoms with E-state index in [2.05, 4.69) is 11.8 Å². The van der Waals surface area contributed by atoms with Crippen molar-refractivity contribution in [2.45, 2.75) is 70.2 Å². The Morgan fingerprint density at radius 1 is 1.41 bits per heavy atom. The van der Waals surface area contributed by atoms with E-state index in [1.807, 2.05) is 31.2 Å². The first kappa shape index (κ1) is 21.4. The molecule has 1 heterocycles. The molecule has 5 heteroatoms. The zero-order chi connectivity index (χ0) is 21.0. The van der Waals surface area contributed by atoms with Gasteiger partial charge in [0.1, 0.15) is 11.9 Å². The number of aliphatic hydroxyl groups is 2. The molecule has 3 rings (SSSR count). The molecule has 0 bridgehead atoms. The van der Waals surface area contributed by atoms with Gasteiger partial charge in [-0.05, 0) is 31.2 Å². The Morgan fingerprint density at radius 2 is 2.21 bits per heavy atom. The smallest absolute Gasteiger partial charge is 0.303 e. The van der Waals surface area contributed by atoms with E-state index in [0.717, 1.165) is 16.9 Å². The van der Waals surface area contributed by atoms with Gasteiger partial charge in [0.05, 0.1) is 12.2 Å². The van der Waals surface area contributed by atoms with Crippen molar-refractivity contribution in [1.29, 1.82) is 0 Å². The predicted molar refractivity (Wildman–Crippen MR) is 111 cm³/mol. The minimum absolute atomic E-state index is 0.0287. The van der Waals surface area contributed by atoms with Gasteiger partial charge in [-0.3, -0.25) is 4.79 Å². The third-order valence-electron chi connectivity index (χ3n) is 6.04. The number of benzene rings is 1. The Labute approximate surface area is 172 Å². The van der Waals surface area contributed by atoms with E-state index in [9.17, 15) is 15.0 Å².